The van der Waals surface area contributed by atoms with Crippen LogP contribution in [0.1, 0.15) is 32.4 Å². The summed E-state index contributed by atoms with van der Waals surface area (Å²) in [5.41, 5.74) is 6.58. The van der Waals surface area contributed by atoms with Crippen molar-refractivity contribution in [2.45, 2.75) is 39.7 Å². The highest BCUT2D eigenvalue weighted by atomic mass is 16.5. The molecule has 0 saturated heterocycles. The number of anilines is 1. The lowest BCUT2D eigenvalue weighted by Gasteiger charge is -2.09. The number of hydrogen-bond donors (Lipinski definition) is 2. The van der Waals surface area contributed by atoms with Crippen LogP contribution in [0.25, 0.3) is 0 Å². The predicted molar refractivity (Wildman–Crippen MR) is 69.3 cm³/mol. The molecule has 0 radical (unpaired) electrons. The normalized spacial score (nSPS) is 12.2. The fraction of sp³-hybridized carbons (Fsp3) is 0.667. The molecule has 96 valence electrons. The Morgan fingerprint density at radius 2 is 2.24 bits per heavy atom. The molecular formula is C12H22N4O. The van der Waals surface area contributed by atoms with Gasteiger partial charge in [-0.25, -0.2) is 4.98 Å². The zero-order valence-corrected chi connectivity index (χ0v) is 10.9. The quantitative estimate of drug-likeness (QED) is 0.708. The Hall–Kier alpha value is -1.36. The number of ether oxygens (including phenoxy) is 1. The zero-order valence-electron chi connectivity index (χ0n) is 10.9. The maximum atomic E-state index is 5.68. The summed E-state index contributed by atoms with van der Waals surface area (Å²) in [6.07, 6.45) is 2.01. The SMILES string of the molecule is CCOc1cc(C)nc(NCCCC(C)N)n1. The molecule has 1 atom stereocenters. The Kier molecular flexibility index (Phi) is 5.69. The van der Waals surface area contributed by atoms with Crippen molar-refractivity contribution in [1.82, 2.24) is 9.97 Å². The molecule has 0 fully saturated rings. The van der Waals surface area contributed by atoms with Crippen LogP contribution in [0.2, 0.25) is 0 Å². The average Bonchev–Trinajstić information content (AvgIpc) is 2.24. The Labute approximate surface area is 103 Å². The summed E-state index contributed by atoms with van der Waals surface area (Å²) < 4.78 is 5.36. The van der Waals surface area contributed by atoms with E-state index in [0.717, 1.165) is 25.1 Å². The zero-order chi connectivity index (χ0) is 12.7. The standard InChI is InChI=1S/C12H22N4O/c1-4-17-11-8-10(3)15-12(16-11)14-7-5-6-9(2)13/h8-9H,4-7,13H2,1-3H3,(H,14,15,16). The third-order valence-corrected chi connectivity index (χ3v) is 2.24. The summed E-state index contributed by atoms with van der Waals surface area (Å²) in [5.74, 6) is 1.24. The van der Waals surface area contributed by atoms with Gasteiger partial charge in [0.15, 0.2) is 0 Å². The Morgan fingerprint density at radius 1 is 1.47 bits per heavy atom. The van der Waals surface area contributed by atoms with Crippen molar-refractivity contribution in [3.8, 4) is 5.88 Å². The maximum absolute atomic E-state index is 5.68. The summed E-state index contributed by atoms with van der Waals surface area (Å²) in [7, 11) is 0. The van der Waals surface area contributed by atoms with E-state index in [1.165, 1.54) is 0 Å². The minimum atomic E-state index is 0.245. The van der Waals surface area contributed by atoms with Crippen molar-refractivity contribution in [3.05, 3.63) is 11.8 Å². The number of nitrogens with two attached hydrogens (primary N) is 1. The number of hydrogen-bond acceptors (Lipinski definition) is 5. The lowest BCUT2D eigenvalue weighted by molar-refractivity contribution is 0.326. The van der Waals surface area contributed by atoms with Gasteiger partial charge in [0.2, 0.25) is 11.8 Å². The maximum Gasteiger partial charge on any atom is 0.226 e. The molecule has 1 aromatic rings. The lowest BCUT2D eigenvalue weighted by Crippen LogP contribution is -2.16. The van der Waals surface area contributed by atoms with Gasteiger partial charge in [-0.1, -0.05) is 0 Å². The first-order valence-electron chi connectivity index (χ1n) is 6.09. The fourth-order valence-electron chi connectivity index (χ4n) is 1.46. The first-order chi connectivity index (χ1) is 8.11. The topological polar surface area (TPSA) is 73.1 Å². The molecule has 1 aromatic heterocycles. The molecule has 0 aromatic carbocycles. The number of rotatable bonds is 7. The summed E-state index contributed by atoms with van der Waals surface area (Å²) in [6, 6.07) is 2.07. The molecular weight excluding hydrogens is 216 g/mol. The summed E-state index contributed by atoms with van der Waals surface area (Å²) in [4.78, 5) is 8.56. The van der Waals surface area contributed by atoms with Gasteiger partial charge in [-0.3, -0.25) is 0 Å². The van der Waals surface area contributed by atoms with E-state index in [0.29, 0.717) is 18.4 Å². The van der Waals surface area contributed by atoms with Crippen LogP contribution in [0.3, 0.4) is 0 Å². The molecule has 0 aliphatic carbocycles. The highest BCUT2D eigenvalue weighted by Gasteiger charge is 2.02. The van der Waals surface area contributed by atoms with Gasteiger partial charge in [-0.15, -0.1) is 0 Å². The number of nitrogens with one attached hydrogen (secondary N) is 1. The minimum Gasteiger partial charge on any atom is -0.478 e. The second-order valence-electron chi connectivity index (χ2n) is 4.15. The second-order valence-corrected chi connectivity index (χ2v) is 4.15. The van der Waals surface area contributed by atoms with Crippen LogP contribution in [-0.4, -0.2) is 29.2 Å². The Bertz CT molecular complexity index is 341. The predicted octanol–water partition coefficient (Wildman–Crippen LogP) is 1.72. The Balaban J connectivity index is 2.46. The highest BCUT2D eigenvalue weighted by Crippen LogP contribution is 2.11. The van der Waals surface area contributed by atoms with E-state index >= 15 is 0 Å². The van der Waals surface area contributed by atoms with Crippen molar-refractivity contribution in [3.63, 3.8) is 0 Å². The van der Waals surface area contributed by atoms with Crippen molar-refractivity contribution in [1.29, 1.82) is 0 Å². The molecule has 0 amide bonds. The van der Waals surface area contributed by atoms with Gasteiger partial charge in [0, 0.05) is 24.3 Å². The van der Waals surface area contributed by atoms with E-state index < -0.39 is 0 Å². The summed E-state index contributed by atoms with van der Waals surface area (Å²) >= 11 is 0. The molecule has 0 bridgehead atoms. The molecule has 1 unspecified atom stereocenters. The van der Waals surface area contributed by atoms with Crippen LogP contribution >= 0.6 is 0 Å². The number of aryl methyl sites for hydroxylation is 1. The molecule has 5 nitrogen and oxygen atoms in total. The van der Waals surface area contributed by atoms with Crippen LogP contribution in [0, 0.1) is 6.92 Å². The third-order valence-electron chi connectivity index (χ3n) is 2.24. The van der Waals surface area contributed by atoms with Crippen LogP contribution in [0.15, 0.2) is 6.07 Å². The van der Waals surface area contributed by atoms with Crippen LogP contribution in [0.5, 0.6) is 5.88 Å². The smallest absolute Gasteiger partial charge is 0.226 e. The van der Waals surface area contributed by atoms with Gasteiger partial charge in [0.1, 0.15) is 0 Å². The van der Waals surface area contributed by atoms with Gasteiger partial charge in [-0.05, 0) is 33.6 Å². The van der Waals surface area contributed by atoms with E-state index in [-0.39, 0.29) is 6.04 Å². The average molecular weight is 238 g/mol. The van der Waals surface area contributed by atoms with Crippen molar-refractivity contribution in [2.75, 3.05) is 18.5 Å². The van der Waals surface area contributed by atoms with Crippen molar-refractivity contribution >= 4 is 5.95 Å². The first-order valence-corrected chi connectivity index (χ1v) is 6.09. The fourth-order valence-corrected chi connectivity index (χ4v) is 1.46. The number of aromatic nitrogens is 2. The molecule has 0 saturated carbocycles. The number of nitrogens with zero attached hydrogens (tertiary/aromatic N) is 2. The van der Waals surface area contributed by atoms with E-state index in [1.807, 2.05) is 26.8 Å². The molecule has 0 aliphatic rings. The first kappa shape index (κ1) is 13.7. The molecule has 0 spiro atoms. The van der Waals surface area contributed by atoms with E-state index in [2.05, 4.69) is 15.3 Å². The van der Waals surface area contributed by atoms with E-state index in [1.54, 1.807) is 0 Å². The molecule has 17 heavy (non-hydrogen) atoms. The van der Waals surface area contributed by atoms with Gasteiger partial charge < -0.3 is 15.8 Å². The highest BCUT2D eigenvalue weighted by molar-refractivity contribution is 5.30. The third kappa shape index (κ3) is 5.49. The van der Waals surface area contributed by atoms with Crippen molar-refractivity contribution in [2.24, 2.45) is 5.73 Å². The van der Waals surface area contributed by atoms with Gasteiger partial charge >= 0.3 is 0 Å². The Morgan fingerprint density at radius 3 is 2.88 bits per heavy atom. The van der Waals surface area contributed by atoms with Crippen molar-refractivity contribution < 1.29 is 4.74 Å². The van der Waals surface area contributed by atoms with E-state index in [4.69, 9.17) is 10.5 Å². The van der Waals surface area contributed by atoms with E-state index in [9.17, 15) is 0 Å². The minimum absolute atomic E-state index is 0.245. The second kappa shape index (κ2) is 7.06. The molecule has 5 heteroatoms. The molecule has 3 N–H and O–H groups in total. The molecule has 1 rings (SSSR count). The summed E-state index contributed by atoms with van der Waals surface area (Å²) in [5, 5.41) is 3.18. The lowest BCUT2D eigenvalue weighted by atomic mass is 10.2. The van der Waals surface area contributed by atoms with Gasteiger partial charge in [-0.2, -0.15) is 4.98 Å². The van der Waals surface area contributed by atoms with Gasteiger partial charge in [0.25, 0.3) is 0 Å². The van der Waals surface area contributed by atoms with Crippen LogP contribution < -0.4 is 15.8 Å². The molecule has 1 heterocycles. The van der Waals surface area contributed by atoms with Crippen LogP contribution in [-0.2, 0) is 0 Å². The van der Waals surface area contributed by atoms with Crippen LogP contribution in [0.4, 0.5) is 5.95 Å². The molecule has 0 aliphatic heterocycles. The monoisotopic (exact) mass is 238 g/mol. The summed E-state index contributed by atoms with van der Waals surface area (Å²) in [6.45, 7) is 7.32. The largest absolute Gasteiger partial charge is 0.478 e. The van der Waals surface area contributed by atoms with Gasteiger partial charge in [0.05, 0.1) is 6.61 Å².